The van der Waals surface area contributed by atoms with Crippen LogP contribution in [0.1, 0.15) is 39.0 Å². The van der Waals surface area contributed by atoms with Crippen molar-refractivity contribution in [3.8, 4) is 0 Å². The Morgan fingerprint density at radius 2 is 2.05 bits per heavy atom. The maximum atomic E-state index is 12.2. The zero-order valence-corrected chi connectivity index (χ0v) is 13.4. The van der Waals surface area contributed by atoms with Gasteiger partial charge < -0.3 is 5.32 Å². The molecule has 1 aliphatic carbocycles. The Hall–Kier alpha value is -1.44. The molecule has 7 nitrogen and oxygen atoms in total. The molecule has 0 bridgehead atoms. The van der Waals surface area contributed by atoms with E-state index in [-0.39, 0.29) is 35.8 Å². The molecule has 1 saturated heterocycles. The number of nitrogens with one attached hydrogen (secondary N) is 1. The van der Waals surface area contributed by atoms with Crippen molar-refractivity contribution in [1.29, 1.82) is 0 Å². The van der Waals surface area contributed by atoms with Crippen molar-refractivity contribution in [2.24, 2.45) is 11.0 Å². The average Bonchev–Trinajstić information content (AvgIpc) is 3.23. The number of amides is 2. The molecule has 2 atom stereocenters. The predicted molar refractivity (Wildman–Crippen MR) is 80.9 cm³/mol. The van der Waals surface area contributed by atoms with Gasteiger partial charge in [0.05, 0.1) is 17.5 Å². The Labute approximate surface area is 130 Å². The van der Waals surface area contributed by atoms with Crippen LogP contribution >= 0.6 is 0 Å². The normalized spacial score (nSPS) is 29.1. The van der Waals surface area contributed by atoms with Crippen LogP contribution in [0.3, 0.4) is 0 Å². The van der Waals surface area contributed by atoms with Crippen LogP contribution in [-0.4, -0.2) is 54.5 Å². The fourth-order valence-electron chi connectivity index (χ4n) is 2.99. The maximum Gasteiger partial charge on any atom is 0.267 e. The Morgan fingerprint density at radius 3 is 2.64 bits per heavy atom. The fourth-order valence-corrected chi connectivity index (χ4v) is 4.68. The van der Waals surface area contributed by atoms with E-state index >= 15 is 0 Å². The van der Waals surface area contributed by atoms with Crippen molar-refractivity contribution >= 4 is 27.4 Å². The molecule has 2 heterocycles. The third kappa shape index (κ3) is 3.31. The molecular formula is C14H21N3O4S. The molecule has 8 heteroatoms. The molecule has 0 aromatic carbocycles. The number of carbonyl (C=O) groups is 2. The van der Waals surface area contributed by atoms with Gasteiger partial charge in [-0.2, -0.15) is 5.10 Å². The molecule has 2 aliphatic heterocycles. The summed E-state index contributed by atoms with van der Waals surface area (Å²) in [6.07, 6.45) is 3.19. The lowest BCUT2D eigenvalue weighted by molar-refractivity contribution is -0.133. The molecule has 0 aromatic heterocycles. The molecular weight excluding hydrogens is 306 g/mol. The molecule has 22 heavy (non-hydrogen) atoms. The monoisotopic (exact) mass is 327 g/mol. The summed E-state index contributed by atoms with van der Waals surface area (Å²) in [5, 5.41) is 8.32. The molecule has 0 unspecified atom stereocenters. The lowest BCUT2D eigenvalue weighted by Gasteiger charge is -2.28. The van der Waals surface area contributed by atoms with E-state index in [2.05, 4.69) is 10.4 Å². The Balaban J connectivity index is 1.70. The van der Waals surface area contributed by atoms with Crippen LogP contribution in [0.25, 0.3) is 0 Å². The molecule has 3 rings (SSSR count). The molecule has 1 saturated carbocycles. The van der Waals surface area contributed by atoms with E-state index in [9.17, 15) is 18.0 Å². The first kappa shape index (κ1) is 15.5. The highest BCUT2D eigenvalue weighted by Crippen LogP contribution is 2.32. The van der Waals surface area contributed by atoms with Gasteiger partial charge in [0.1, 0.15) is 5.71 Å². The third-order valence-electron chi connectivity index (χ3n) is 4.56. The van der Waals surface area contributed by atoms with Gasteiger partial charge in [-0.3, -0.25) is 9.59 Å². The quantitative estimate of drug-likeness (QED) is 0.790. The minimum Gasteiger partial charge on any atom is -0.348 e. The fraction of sp³-hybridized carbons (Fsp3) is 0.786. The molecule has 0 radical (unpaired) electrons. The van der Waals surface area contributed by atoms with Crippen LogP contribution in [0.15, 0.2) is 5.10 Å². The van der Waals surface area contributed by atoms with E-state index in [1.54, 1.807) is 0 Å². The first-order valence-corrected chi connectivity index (χ1v) is 9.59. The summed E-state index contributed by atoms with van der Waals surface area (Å²) in [5.74, 6) is 0.129. The SMILES string of the molecule is C[C@H](NC(=O)C1=NN([C@@H]2CCS(=O)(=O)C2)C(=O)CC1)C1CC1. The summed E-state index contributed by atoms with van der Waals surface area (Å²) < 4.78 is 23.1. The first-order valence-electron chi connectivity index (χ1n) is 7.76. The highest BCUT2D eigenvalue weighted by Gasteiger charge is 2.37. The van der Waals surface area contributed by atoms with Crippen LogP contribution in [0, 0.1) is 5.92 Å². The van der Waals surface area contributed by atoms with Crippen molar-refractivity contribution in [2.45, 2.75) is 51.1 Å². The number of hydrogen-bond acceptors (Lipinski definition) is 5. The molecule has 2 amide bonds. The summed E-state index contributed by atoms with van der Waals surface area (Å²) in [6, 6.07) is -0.311. The standard InChI is InChI=1S/C14H21N3O4S/c1-9(10-2-3-10)15-14(19)12-4-5-13(18)17(16-12)11-6-7-22(20,21)8-11/h9-11H,2-8H2,1H3,(H,15,19)/t9-,11+/m0/s1. The molecule has 0 spiro atoms. The summed E-state index contributed by atoms with van der Waals surface area (Å²) >= 11 is 0. The van der Waals surface area contributed by atoms with E-state index in [1.807, 2.05) is 6.92 Å². The number of rotatable bonds is 4. The van der Waals surface area contributed by atoms with Gasteiger partial charge in [-0.15, -0.1) is 0 Å². The molecule has 3 aliphatic rings. The Morgan fingerprint density at radius 1 is 1.32 bits per heavy atom. The topological polar surface area (TPSA) is 95.9 Å². The zero-order valence-electron chi connectivity index (χ0n) is 12.6. The van der Waals surface area contributed by atoms with Crippen molar-refractivity contribution in [2.75, 3.05) is 11.5 Å². The van der Waals surface area contributed by atoms with Gasteiger partial charge in [-0.25, -0.2) is 13.4 Å². The minimum atomic E-state index is -3.09. The largest absolute Gasteiger partial charge is 0.348 e. The van der Waals surface area contributed by atoms with Gasteiger partial charge >= 0.3 is 0 Å². The van der Waals surface area contributed by atoms with Crippen molar-refractivity contribution < 1.29 is 18.0 Å². The van der Waals surface area contributed by atoms with Crippen LogP contribution in [0.2, 0.25) is 0 Å². The molecule has 1 N–H and O–H groups in total. The second-order valence-corrected chi connectivity index (χ2v) is 8.67. The number of hydrogen-bond donors (Lipinski definition) is 1. The van der Waals surface area contributed by atoms with Gasteiger partial charge in [-0.05, 0) is 32.1 Å². The smallest absolute Gasteiger partial charge is 0.267 e. The second kappa shape index (κ2) is 5.64. The lowest BCUT2D eigenvalue weighted by atomic mass is 10.1. The number of nitrogens with zero attached hydrogens (tertiary/aromatic N) is 2. The maximum absolute atomic E-state index is 12.2. The Kier molecular flexibility index (Phi) is 3.96. The van der Waals surface area contributed by atoms with Gasteiger partial charge in [0.15, 0.2) is 9.84 Å². The zero-order chi connectivity index (χ0) is 15.9. The minimum absolute atomic E-state index is 0.0599. The van der Waals surface area contributed by atoms with Gasteiger partial charge in [0.25, 0.3) is 5.91 Å². The van der Waals surface area contributed by atoms with E-state index in [0.29, 0.717) is 24.5 Å². The van der Waals surface area contributed by atoms with Crippen molar-refractivity contribution in [3.63, 3.8) is 0 Å². The summed E-state index contributed by atoms with van der Waals surface area (Å²) in [4.78, 5) is 24.2. The molecule has 2 fully saturated rings. The van der Waals surface area contributed by atoms with Crippen LogP contribution < -0.4 is 5.32 Å². The average molecular weight is 327 g/mol. The number of sulfone groups is 1. The number of hydrazone groups is 1. The number of carbonyl (C=O) groups excluding carboxylic acids is 2. The van der Waals surface area contributed by atoms with Crippen LogP contribution in [0.4, 0.5) is 0 Å². The first-order chi connectivity index (χ1) is 10.4. The van der Waals surface area contributed by atoms with Crippen molar-refractivity contribution in [1.82, 2.24) is 10.3 Å². The van der Waals surface area contributed by atoms with Crippen LogP contribution in [-0.2, 0) is 19.4 Å². The third-order valence-corrected chi connectivity index (χ3v) is 6.31. The van der Waals surface area contributed by atoms with E-state index < -0.39 is 15.9 Å². The van der Waals surface area contributed by atoms with E-state index in [4.69, 9.17) is 0 Å². The van der Waals surface area contributed by atoms with Crippen LogP contribution in [0.5, 0.6) is 0 Å². The summed E-state index contributed by atoms with van der Waals surface area (Å²) in [5.41, 5.74) is 0.330. The van der Waals surface area contributed by atoms with Gasteiger partial charge in [0.2, 0.25) is 5.91 Å². The molecule has 0 aromatic rings. The van der Waals surface area contributed by atoms with E-state index in [1.165, 1.54) is 5.01 Å². The van der Waals surface area contributed by atoms with Crippen molar-refractivity contribution in [3.05, 3.63) is 0 Å². The Bertz CT molecular complexity index is 624. The highest BCUT2D eigenvalue weighted by molar-refractivity contribution is 7.91. The lowest BCUT2D eigenvalue weighted by Crippen LogP contribution is -2.45. The second-order valence-electron chi connectivity index (χ2n) is 6.44. The van der Waals surface area contributed by atoms with Gasteiger partial charge in [0, 0.05) is 18.9 Å². The predicted octanol–water partition coefficient (Wildman–Crippen LogP) is 0.0666. The summed E-state index contributed by atoms with van der Waals surface area (Å²) in [6.45, 7) is 1.98. The van der Waals surface area contributed by atoms with Gasteiger partial charge in [-0.1, -0.05) is 0 Å². The summed E-state index contributed by atoms with van der Waals surface area (Å²) in [7, 11) is -3.09. The van der Waals surface area contributed by atoms with E-state index in [0.717, 1.165) is 12.8 Å². The molecule has 122 valence electrons. The highest BCUT2D eigenvalue weighted by atomic mass is 32.2.